The van der Waals surface area contributed by atoms with E-state index in [1.165, 1.54) is 6.92 Å². The predicted octanol–water partition coefficient (Wildman–Crippen LogP) is 4.41. The van der Waals surface area contributed by atoms with Crippen LogP contribution in [0.2, 0.25) is 0 Å². The van der Waals surface area contributed by atoms with E-state index >= 15 is 0 Å². The third kappa shape index (κ3) is 4.42. The van der Waals surface area contributed by atoms with Crippen molar-refractivity contribution in [3.63, 3.8) is 0 Å². The van der Waals surface area contributed by atoms with Gasteiger partial charge >= 0.3 is 5.97 Å². The fourth-order valence-electron chi connectivity index (χ4n) is 2.13. The number of benzene rings is 2. The van der Waals surface area contributed by atoms with Gasteiger partial charge in [-0.3, -0.25) is 4.79 Å². The van der Waals surface area contributed by atoms with Gasteiger partial charge in [0, 0.05) is 10.0 Å². The molecule has 5 heteroatoms. The lowest BCUT2D eigenvalue weighted by Crippen LogP contribution is -2.12. The molecule has 0 radical (unpaired) electrons. The molecule has 0 aliphatic rings. The van der Waals surface area contributed by atoms with Crippen molar-refractivity contribution in [2.75, 3.05) is 6.61 Å². The maximum atomic E-state index is 12.1. The standard InChI is InChI=1S/C18H17BrO4/c1-3-22-18(21)15-9-14(10-16(19)17(15)12(2)20)23-11-13-7-5-4-6-8-13/h4-10H,3,11H2,1-2H3. The van der Waals surface area contributed by atoms with Crippen molar-refractivity contribution in [1.29, 1.82) is 0 Å². The Morgan fingerprint density at radius 1 is 1.13 bits per heavy atom. The second kappa shape index (κ2) is 7.92. The molecule has 0 unspecified atom stereocenters. The maximum Gasteiger partial charge on any atom is 0.339 e. The van der Waals surface area contributed by atoms with Crippen LogP contribution in [0.15, 0.2) is 46.9 Å². The Balaban J connectivity index is 2.31. The minimum Gasteiger partial charge on any atom is -0.489 e. The largest absolute Gasteiger partial charge is 0.489 e. The minimum absolute atomic E-state index is 0.205. The lowest BCUT2D eigenvalue weighted by Gasteiger charge is -2.12. The van der Waals surface area contributed by atoms with Gasteiger partial charge in [-0.15, -0.1) is 0 Å². The molecule has 0 aliphatic heterocycles. The molecule has 0 saturated carbocycles. The second-order valence-corrected chi connectivity index (χ2v) is 5.73. The lowest BCUT2D eigenvalue weighted by molar-refractivity contribution is 0.0522. The molecule has 0 bridgehead atoms. The van der Waals surface area contributed by atoms with Crippen LogP contribution in [-0.2, 0) is 11.3 Å². The highest BCUT2D eigenvalue weighted by Crippen LogP contribution is 2.29. The quantitative estimate of drug-likeness (QED) is 0.553. The molecule has 2 aromatic rings. The van der Waals surface area contributed by atoms with E-state index in [1.54, 1.807) is 19.1 Å². The fourth-order valence-corrected chi connectivity index (χ4v) is 2.85. The Labute approximate surface area is 143 Å². The average Bonchev–Trinajstić information content (AvgIpc) is 2.53. The summed E-state index contributed by atoms with van der Waals surface area (Å²) in [6.07, 6.45) is 0. The first-order valence-corrected chi connectivity index (χ1v) is 8.00. The normalized spacial score (nSPS) is 10.2. The monoisotopic (exact) mass is 376 g/mol. The van der Waals surface area contributed by atoms with E-state index < -0.39 is 5.97 Å². The molecule has 0 heterocycles. The molecule has 0 fully saturated rings. The molecular formula is C18H17BrO4. The van der Waals surface area contributed by atoms with Crippen molar-refractivity contribution in [3.05, 3.63) is 63.6 Å². The van der Waals surface area contributed by atoms with Crippen LogP contribution < -0.4 is 4.74 Å². The number of ketones is 1. The van der Waals surface area contributed by atoms with Crippen molar-refractivity contribution < 1.29 is 19.1 Å². The lowest BCUT2D eigenvalue weighted by atomic mass is 10.0. The number of rotatable bonds is 6. The van der Waals surface area contributed by atoms with Gasteiger partial charge in [-0.05, 0) is 47.5 Å². The van der Waals surface area contributed by atoms with Crippen LogP contribution in [0.4, 0.5) is 0 Å². The summed E-state index contributed by atoms with van der Waals surface area (Å²) < 4.78 is 11.3. The molecule has 0 aliphatic carbocycles. The number of halogens is 1. The Morgan fingerprint density at radius 3 is 2.43 bits per heavy atom. The Morgan fingerprint density at radius 2 is 1.83 bits per heavy atom. The zero-order chi connectivity index (χ0) is 16.8. The first kappa shape index (κ1) is 17.2. The molecule has 0 atom stereocenters. The van der Waals surface area contributed by atoms with Crippen LogP contribution >= 0.6 is 15.9 Å². The smallest absolute Gasteiger partial charge is 0.339 e. The zero-order valence-electron chi connectivity index (χ0n) is 13.0. The van der Waals surface area contributed by atoms with Gasteiger partial charge in [0.05, 0.1) is 12.2 Å². The second-order valence-electron chi connectivity index (χ2n) is 4.88. The molecular weight excluding hydrogens is 360 g/mol. The van der Waals surface area contributed by atoms with Crippen molar-refractivity contribution in [2.45, 2.75) is 20.5 Å². The third-order valence-corrected chi connectivity index (χ3v) is 3.78. The molecule has 2 aromatic carbocycles. The molecule has 0 spiro atoms. The third-order valence-electron chi connectivity index (χ3n) is 3.16. The van der Waals surface area contributed by atoms with E-state index in [9.17, 15) is 9.59 Å². The van der Waals surface area contributed by atoms with Gasteiger partial charge < -0.3 is 9.47 Å². The van der Waals surface area contributed by atoms with Gasteiger partial charge in [-0.25, -0.2) is 4.79 Å². The Hall–Kier alpha value is -2.14. The predicted molar refractivity (Wildman–Crippen MR) is 90.9 cm³/mol. The van der Waals surface area contributed by atoms with Crippen molar-refractivity contribution in [3.8, 4) is 5.75 Å². The molecule has 23 heavy (non-hydrogen) atoms. The Bertz CT molecular complexity index is 710. The SMILES string of the molecule is CCOC(=O)c1cc(OCc2ccccc2)cc(Br)c1C(C)=O. The van der Waals surface area contributed by atoms with Crippen molar-refractivity contribution in [1.82, 2.24) is 0 Å². The molecule has 0 amide bonds. The molecule has 4 nitrogen and oxygen atoms in total. The Kier molecular flexibility index (Phi) is 5.93. The highest BCUT2D eigenvalue weighted by atomic mass is 79.9. The summed E-state index contributed by atoms with van der Waals surface area (Å²) in [5.74, 6) is -0.258. The summed E-state index contributed by atoms with van der Waals surface area (Å²) >= 11 is 3.34. The highest BCUT2D eigenvalue weighted by Gasteiger charge is 2.20. The molecule has 2 rings (SSSR count). The topological polar surface area (TPSA) is 52.6 Å². The van der Waals surface area contributed by atoms with Gasteiger partial charge in [-0.1, -0.05) is 30.3 Å². The number of ether oxygens (including phenoxy) is 2. The molecule has 120 valence electrons. The zero-order valence-corrected chi connectivity index (χ0v) is 14.6. The summed E-state index contributed by atoms with van der Waals surface area (Å²) in [6.45, 7) is 3.74. The molecule has 0 N–H and O–H groups in total. The molecule has 0 saturated heterocycles. The van der Waals surface area contributed by atoms with Crippen LogP contribution in [-0.4, -0.2) is 18.4 Å². The summed E-state index contributed by atoms with van der Waals surface area (Å²) in [4.78, 5) is 23.9. The van der Waals surface area contributed by atoms with E-state index in [0.29, 0.717) is 22.4 Å². The van der Waals surface area contributed by atoms with Gasteiger partial charge in [-0.2, -0.15) is 0 Å². The summed E-state index contributed by atoms with van der Waals surface area (Å²) in [6, 6.07) is 12.9. The first-order chi connectivity index (χ1) is 11.0. The number of carbonyl (C=O) groups is 2. The number of hydrogen-bond acceptors (Lipinski definition) is 4. The van der Waals surface area contributed by atoms with Crippen LogP contribution in [0.25, 0.3) is 0 Å². The van der Waals surface area contributed by atoms with E-state index in [4.69, 9.17) is 9.47 Å². The van der Waals surface area contributed by atoms with Crippen LogP contribution in [0.3, 0.4) is 0 Å². The van der Waals surface area contributed by atoms with Gasteiger partial charge in [0.15, 0.2) is 5.78 Å². The number of Topliss-reactive ketones (excluding diaryl/α,β-unsaturated/α-hetero) is 1. The molecule has 0 aromatic heterocycles. The van der Waals surface area contributed by atoms with E-state index in [2.05, 4.69) is 15.9 Å². The summed E-state index contributed by atoms with van der Waals surface area (Å²) in [7, 11) is 0. The number of esters is 1. The highest BCUT2D eigenvalue weighted by molar-refractivity contribution is 9.10. The van der Waals surface area contributed by atoms with Crippen LogP contribution in [0.5, 0.6) is 5.75 Å². The van der Waals surface area contributed by atoms with Crippen LogP contribution in [0, 0.1) is 0 Å². The maximum absolute atomic E-state index is 12.1. The average molecular weight is 377 g/mol. The minimum atomic E-state index is -0.538. The van der Waals surface area contributed by atoms with E-state index in [0.717, 1.165) is 5.56 Å². The van der Waals surface area contributed by atoms with E-state index in [1.807, 2.05) is 30.3 Å². The first-order valence-electron chi connectivity index (χ1n) is 7.21. The van der Waals surface area contributed by atoms with Gasteiger partial charge in [0.2, 0.25) is 0 Å². The van der Waals surface area contributed by atoms with Crippen LogP contribution in [0.1, 0.15) is 40.1 Å². The van der Waals surface area contributed by atoms with Crippen molar-refractivity contribution >= 4 is 27.7 Å². The number of carbonyl (C=O) groups excluding carboxylic acids is 2. The fraction of sp³-hybridized carbons (Fsp3) is 0.222. The van der Waals surface area contributed by atoms with Gasteiger partial charge in [0.1, 0.15) is 12.4 Å². The van der Waals surface area contributed by atoms with E-state index in [-0.39, 0.29) is 18.0 Å². The summed E-state index contributed by atoms with van der Waals surface area (Å²) in [5.41, 5.74) is 1.52. The van der Waals surface area contributed by atoms with Crippen molar-refractivity contribution in [2.24, 2.45) is 0 Å². The number of hydrogen-bond donors (Lipinski definition) is 0. The summed E-state index contributed by atoms with van der Waals surface area (Å²) in [5, 5.41) is 0. The van der Waals surface area contributed by atoms with Gasteiger partial charge in [0.25, 0.3) is 0 Å².